The van der Waals surface area contributed by atoms with Gasteiger partial charge in [0.2, 0.25) is 5.91 Å². The van der Waals surface area contributed by atoms with Gasteiger partial charge in [-0.2, -0.15) is 5.26 Å². The number of hydrogen-bond donors (Lipinski definition) is 1. The zero-order valence-corrected chi connectivity index (χ0v) is 16.1. The molecule has 4 aliphatic carbocycles. The van der Waals surface area contributed by atoms with Crippen LogP contribution in [0.15, 0.2) is 0 Å². The molecule has 0 spiro atoms. The van der Waals surface area contributed by atoms with Crippen molar-refractivity contribution in [2.75, 3.05) is 19.7 Å². The van der Waals surface area contributed by atoms with Crippen molar-refractivity contribution >= 4 is 5.91 Å². The van der Waals surface area contributed by atoms with Crippen LogP contribution < -0.4 is 5.32 Å². The van der Waals surface area contributed by atoms with Crippen LogP contribution in [0.25, 0.3) is 0 Å². The molecule has 0 aromatic carbocycles. The van der Waals surface area contributed by atoms with Crippen molar-refractivity contribution < 1.29 is 9.53 Å². The Bertz CT molecular complexity index is 570. The van der Waals surface area contributed by atoms with Crippen molar-refractivity contribution in [1.82, 2.24) is 10.2 Å². The van der Waals surface area contributed by atoms with Crippen molar-refractivity contribution in [3.63, 3.8) is 0 Å². The summed E-state index contributed by atoms with van der Waals surface area (Å²) in [5.74, 6) is 1.60. The molecule has 1 heterocycles. The van der Waals surface area contributed by atoms with Crippen LogP contribution in [-0.2, 0) is 9.53 Å². The molecule has 4 saturated carbocycles. The third-order valence-electron chi connectivity index (χ3n) is 7.25. The van der Waals surface area contributed by atoms with Crippen molar-refractivity contribution in [1.29, 1.82) is 5.26 Å². The molecule has 2 unspecified atom stereocenters. The quantitative estimate of drug-likeness (QED) is 0.710. The summed E-state index contributed by atoms with van der Waals surface area (Å²) in [7, 11) is 0. The highest BCUT2D eigenvalue weighted by Gasteiger charge is 2.58. The summed E-state index contributed by atoms with van der Waals surface area (Å²) in [6.07, 6.45) is 11.3. The van der Waals surface area contributed by atoms with Gasteiger partial charge in [0.1, 0.15) is 6.04 Å². The Morgan fingerprint density at radius 3 is 2.77 bits per heavy atom. The van der Waals surface area contributed by atoms with Gasteiger partial charge >= 0.3 is 0 Å². The smallest absolute Gasteiger partial charge is 0.237 e. The first-order valence-electron chi connectivity index (χ1n) is 10.7. The summed E-state index contributed by atoms with van der Waals surface area (Å²) >= 11 is 0. The van der Waals surface area contributed by atoms with Gasteiger partial charge in [0.25, 0.3) is 0 Å². The van der Waals surface area contributed by atoms with E-state index in [-0.39, 0.29) is 23.1 Å². The van der Waals surface area contributed by atoms with Gasteiger partial charge in [-0.05, 0) is 69.6 Å². The van der Waals surface area contributed by atoms with E-state index in [9.17, 15) is 10.1 Å². The Morgan fingerprint density at radius 1 is 1.31 bits per heavy atom. The number of likely N-dealkylation sites (tertiary alicyclic amines) is 1. The SMILES string of the molecule is CCCCOC12CC3CC(CC(NCC(=O)N4CCC[C@H]4C#N)(C3)C1)C2. The molecule has 26 heavy (non-hydrogen) atoms. The van der Waals surface area contributed by atoms with Gasteiger partial charge in [0.05, 0.1) is 18.2 Å². The van der Waals surface area contributed by atoms with Crippen LogP contribution in [0, 0.1) is 23.2 Å². The Kier molecular flexibility index (Phi) is 5.00. The summed E-state index contributed by atoms with van der Waals surface area (Å²) in [5, 5.41) is 12.9. The van der Waals surface area contributed by atoms with Crippen LogP contribution in [0.2, 0.25) is 0 Å². The molecule has 5 aliphatic rings. The number of unbranched alkanes of at least 4 members (excludes halogenated alkanes) is 1. The van der Waals surface area contributed by atoms with Gasteiger partial charge in [0, 0.05) is 18.7 Å². The fourth-order valence-electron chi connectivity index (χ4n) is 6.55. The molecule has 5 fully saturated rings. The fourth-order valence-corrected chi connectivity index (χ4v) is 6.55. The molecule has 3 atom stereocenters. The van der Waals surface area contributed by atoms with Crippen molar-refractivity contribution in [2.45, 2.75) is 88.3 Å². The molecule has 0 aromatic heterocycles. The van der Waals surface area contributed by atoms with Gasteiger partial charge in [-0.25, -0.2) is 0 Å². The number of nitrogens with one attached hydrogen (secondary N) is 1. The number of carbonyl (C=O) groups excluding carboxylic acids is 1. The Hall–Kier alpha value is -1.12. The minimum atomic E-state index is -0.218. The highest BCUT2D eigenvalue weighted by Crippen LogP contribution is 2.58. The van der Waals surface area contributed by atoms with E-state index >= 15 is 0 Å². The molecule has 5 nitrogen and oxygen atoms in total. The summed E-state index contributed by atoms with van der Waals surface area (Å²) in [5.41, 5.74) is 0.131. The molecule has 1 amide bonds. The van der Waals surface area contributed by atoms with Gasteiger partial charge in [-0.15, -0.1) is 0 Å². The number of nitrogens with zero attached hydrogens (tertiary/aromatic N) is 2. The summed E-state index contributed by atoms with van der Waals surface area (Å²) in [6, 6.07) is 2.06. The van der Waals surface area contributed by atoms with E-state index in [0.29, 0.717) is 6.54 Å². The summed E-state index contributed by atoms with van der Waals surface area (Å²) in [4.78, 5) is 14.5. The predicted octanol–water partition coefficient (Wildman–Crippen LogP) is 3.00. The third kappa shape index (κ3) is 3.39. The van der Waals surface area contributed by atoms with E-state index in [1.807, 2.05) is 0 Å². The molecule has 5 heteroatoms. The van der Waals surface area contributed by atoms with E-state index in [1.54, 1.807) is 4.90 Å². The van der Waals surface area contributed by atoms with Crippen LogP contribution in [0.5, 0.6) is 0 Å². The fraction of sp³-hybridized carbons (Fsp3) is 0.905. The molecule has 0 aromatic rings. The second-order valence-electron chi connectivity index (χ2n) is 9.35. The number of nitriles is 1. The van der Waals surface area contributed by atoms with Gasteiger partial charge in [0.15, 0.2) is 0 Å². The van der Waals surface area contributed by atoms with Gasteiger partial charge in [-0.1, -0.05) is 13.3 Å². The Labute approximate surface area is 157 Å². The van der Waals surface area contributed by atoms with E-state index < -0.39 is 0 Å². The van der Waals surface area contributed by atoms with Crippen LogP contribution in [0.1, 0.15) is 71.1 Å². The van der Waals surface area contributed by atoms with Crippen LogP contribution in [0.3, 0.4) is 0 Å². The molecule has 4 bridgehead atoms. The van der Waals surface area contributed by atoms with E-state index in [1.165, 1.54) is 38.5 Å². The van der Waals surface area contributed by atoms with Gasteiger partial charge in [-0.3, -0.25) is 4.79 Å². The van der Waals surface area contributed by atoms with E-state index in [4.69, 9.17) is 4.74 Å². The van der Waals surface area contributed by atoms with Crippen molar-refractivity contribution in [3.8, 4) is 6.07 Å². The molecular formula is C21H33N3O2. The van der Waals surface area contributed by atoms with Gasteiger partial charge < -0.3 is 15.0 Å². The number of amides is 1. The first kappa shape index (κ1) is 18.3. The molecular weight excluding hydrogens is 326 g/mol. The minimum absolute atomic E-state index is 0.0537. The second-order valence-corrected chi connectivity index (χ2v) is 9.35. The first-order valence-corrected chi connectivity index (χ1v) is 10.7. The molecule has 1 N–H and O–H groups in total. The molecule has 144 valence electrons. The lowest BCUT2D eigenvalue weighted by Gasteiger charge is -2.62. The number of hydrogen-bond acceptors (Lipinski definition) is 4. The molecule has 1 aliphatic heterocycles. The summed E-state index contributed by atoms with van der Waals surface area (Å²) in [6.45, 7) is 4.21. The average Bonchev–Trinajstić information content (AvgIpc) is 3.07. The maximum atomic E-state index is 12.7. The number of ether oxygens (including phenoxy) is 1. The monoisotopic (exact) mass is 359 g/mol. The predicted molar refractivity (Wildman–Crippen MR) is 99.4 cm³/mol. The average molecular weight is 360 g/mol. The zero-order valence-electron chi connectivity index (χ0n) is 16.1. The first-order chi connectivity index (χ1) is 12.6. The van der Waals surface area contributed by atoms with Crippen LogP contribution in [-0.4, -0.2) is 47.7 Å². The standard InChI is InChI=1S/C21H33N3O2/c1-2-3-7-26-21-11-16-8-17(12-21)10-20(9-16,15-21)23-14-19(25)24-6-4-5-18(24)13-22/h16-18,23H,2-12,14-15H2,1H3/t16?,17?,18-,20?,21?/m0/s1. The topological polar surface area (TPSA) is 65.4 Å². The number of carbonyl (C=O) groups is 1. The summed E-state index contributed by atoms with van der Waals surface area (Å²) < 4.78 is 6.47. The van der Waals surface area contributed by atoms with Crippen LogP contribution >= 0.6 is 0 Å². The van der Waals surface area contributed by atoms with Crippen LogP contribution in [0.4, 0.5) is 0 Å². The highest BCUT2D eigenvalue weighted by molar-refractivity contribution is 5.79. The van der Waals surface area contributed by atoms with E-state index in [2.05, 4.69) is 18.3 Å². The molecule has 5 rings (SSSR count). The lowest BCUT2D eigenvalue weighted by Crippen LogP contribution is -2.66. The Morgan fingerprint density at radius 2 is 2.08 bits per heavy atom. The molecule has 0 radical (unpaired) electrons. The van der Waals surface area contributed by atoms with Crippen molar-refractivity contribution in [2.24, 2.45) is 11.8 Å². The lowest BCUT2D eigenvalue weighted by atomic mass is 9.51. The number of rotatable bonds is 7. The normalized spacial score (nSPS) is 40.8. The maximum Gasteiger partial charge on any atom is 0.237 e. The maximum absolute atomic E-state index is 12.7. The largest absolute Gasteiger partial charge is 0.375 e. The third-order valence-corrected chi connectivity index (χ3v) is 7.25. The Balaban J connectivity index is 1.40. The highest BCUT2D eigenvalue weighted by atomic mass is 16.5. The van der Waals surface area contributed by atoms with E-state index in [0.717, 1.165) is 50.7 Å². The molecule has 1 saturated heterocycles. The minimum Gasteiger partial charge on any atom is -0.375 e. The second kappa shape index (κ2) is 7.13. The van der Waals surface area contributed by atoms with Crippen molar-refractivity contribution in [3.05, 3.63) is 0 Å². The lowest BCUT2D eigenvalue weighted by molar-refractivity contribution is -0.176. The zero-order chi connectivity index (χ0) is 18.2.